The van der Waals surface area contributed by atoms with Gasteiger partial charge in [-0.25, -0.2) is 13.8 Å². The maximum atomic E-state index is 13.1. The number of hydrogen-bond donors (Lipinski definition) is 3. The third-order valence-corrected chi connectivity index (χ3v) is 4.76. The average Bonchev–Trinajstić information content (AvgIpc) is 3.59. The van der Waals surface area contributed by atoms with Crippen molar-refractivity contribution < 1.29 is 22.0 Å². The molecule has 12 heteroatoms. The number of nitrogens with zero attached hydrogens (tertiary/aromatic N) is 4. The molecule has 7 nitrogen and oxygen atoms in total. The van der Waals surface area contributed by atoms with Crippen LogP contribution in [0.2, 0.25) is 0 Å². The fourth-order valence-electron chi connectivity index (χ4n) is 2.88. The van der Waals surface area contributed by atoms with Gasteiger partial charge < -0.3 is 16.4 Å². The van der Waals surface area contributed by atoms with Gasteiger partial charge in [0.1, 0.15) is 11.4 Å². The second kappa shape index (κ2) is 8.81. The van der Waals surface area contributed by atoms with Crippen LogP contribution in [0, 0.1) is 29.1 Å². The summed E-state index contributed by atoms with van der Waals surface area (Å²) >= 11 is 0. The number of aromatic nitrogens is 2. The van der Waals surface area contributed by atoms with Gasteiger partial charge in [0, 0.05) is 24.9 Å². The molecular formula is C18H20F5N7. The van der Waals surface area contributed by atoms with Crippen molar-refractivity contribution in [2.24, 2.45) is 28.5 Å². The van der Waals surface area contributed by atoms with Gasteiger partial charge in [-0.3, -0.25) is 4.99 Å². The number of hydrogen-bond acceptors (Lipinski definition) is 7. The Morgan fingerprint density at radius 1 is 1.40 bits per heavy atom. The molecule has 2 aliphatic rings. The lowest BCUT2D eigenvalue weighted by Crippen LogP contribution is -2.21. The van der Waals surface area contributed by atoms with Gasteiger partial charge in [-0.1, -0.05) is 0 Å². The van der Waals surface area contributed by atoms with Gasteiger partial charge in [0.2, 0.25) is 5.95 Å². The monoisotopic (exact) mass is 429 g/mol. The molecule has 2 saturated carbocycles. The predicted octanol–water partition coefficient (Wildman–Crippen LogP) is 3.40. The third kappa shape index (κ3) is 5.55. The Labute approximate surface area is 169 Å². The maximum Gasteiger partial charge on any atom is 0.421 e. The number of anilines is 2. The summed E-state index contributed by atoms with van der Waals surface area (Å²) in [6, 6.07) is 2.19. The van der Waals surface area contributed by atoms with E-state index in [0.29, 0.717) is 24.2 Å². The predicted molar refractivity (Wildman–Crippen MR) is 99.7 cm³/mol. The van der Waals surface area contributed by atoms with E-state index in [1.165, 1.54) is 6.20 Å². The lowest BCUT2D eigenvalue weighted by atomic mass is 10.2. The normalized spacial score (nSPS) is 22.0. The van der Waals surface area contributed by atoms with Crippen molar-refractivity contribution in [3.05, 3.63) is 23.7 Å². The molecule has 1 aromatic rings. The van der Waals surface area contributed by atoms with Crippen LogP contribution in [-0.2, 0) is 6.18 Å². The van der Waals surface area contributed by atoms with E-state index in [9.17, 15) is 22.0 Å². The van der Waals surface area contributed by atoms with Crippen molar-refractivity contribution in [1.29, 1.82) is 5.26 Å². The number of nitrogens with one attached hydrogen (secondary N) is 2. The van der Waals surface area contributed by atoms with Crippen LogP contribution in [0.25, 0.3) is 0 Å². The third-order valence-electron chi connectivity index (χ3n) is 4.76. The van der Waals surface area contributed by atoms with Gasteiger partial charge in [-0.05, 0) is 25.2 Å². The highest BCUT2D eigenvalue weighted by molar-refractivity contribution is 6.05. The first kappa shape index (κ1) is 21.7. The summed E-state index contributed by atoms with van der Waals surface area (Å²) in [4.78, 5) is 11.9. The molecule has 2 atom stereocenters. The minimum absolute atomic E-state index is 0.00539. The number of rotatable bonds is 9. The molecule has 1 heterocycles. The molecule has 0 bridgehead atoms. The smallest absolute Gasteiger partial charge is 0.403 e. The molecule has 2 fully saturated rings. The molecule has 4 N–H and O–H groups in total. The summed E-state index contributed by atoms with van der Waals surface area (Å²) in [7, 11) is 0. The van der Waals surface area contributed by atoms with E-state index in [1.54, 1.807) is 0 Å². The minimum Gasteiger partial charge on any atom is -0.403 e. The van der Waals surface area contributed by atoms with Crippen molar-refractivity contribution in [3.63, 3.8) is 0 Å². The second-order valence-electron chi connectivity index (χ2n) is 7.16. The fourth-order valence-corrected chi connectivity index (χ4v) is 2.88. The Morgan fingerprint density at radius 2 is 2.13 bits per heavy atom. The number of aliphatic imine (C=N–C) groups is 1. The van der Waals surface area contributed by atoms with Crippen molar-refractivity contribution in [2.75, 3.05) is 23.7 Å². The van der Waals surface area contributed by atoms with Gasteiger partial charge in [0.25, 0.3) is 6.43 Å². The summed E-state index contributed by atoms with van der Waals surface area (Å²) in [6.45, 7) is -0.534. The zero-order valence-corrected chi connectivity index (χ0v) is 15.8. The fraction of sp³-hybridized carbons (Fsp3) is 0.556. The number of halogens is 5. The van der Waals surface area contributed by atoms with E-state index in [4.69, 9.17) is 11.0 Å². The first-order chi connectivity index (χ1) is 14.2. The van der Waals surface area contributed by atoms with Crippen LogP contribution in [0.15, 0.2) is 23.1 Å². The Hall–Kier alpha value is -2.97. The molecule has 1 unspecified atom stereocenters. The van der Waals surface area contributed by atoms with Gasteiger partial charge in [0.05, 0.1) is 29.9 Å². The zero-order chi connectivity index (χ0) is 21.9. The van der Waals surface area contributed by atoms with Gasteiger partial charge in [-0.2, -0.15) is 23.4 Å². The Morgan fingerprint density at radius 3 is 2.67 bits per heavy atom. The summed E-state index contributed by atoms with van der Waals surface area (Å²) < 4.78 is 64.3. The highest BCUT2D eigenvalue weighted by atomic mass is 19.4. The van der Waals surface area contributed by atoms with E-state index in [1.807, 2.05) is 5.32 Å². The van der Waals surface area contributed by atoms with Crippen molar-refractivity contribution in [2.45, 2.75) is 31.9 Å². The Balaban J connectivity index is 1.79. The second-order valence-corrected chi connectivity index (χ2v) is 7.16. The molecule has 0 spiro atoms. The first-order valence-electron chi connectivity index (χ1n) is 9.32. The van der Waals surface area contributed by atoms with Crippen LogP contribution in [0.5, 0.6) is 0 Å². The first-order valence-corrected chi connectivity index (χ1v) is 9.32. The largest absolute Gasteiger partial charge is 0.421 e. The molecule has 162 valence electrons. The highest BCUT2D eigenvalue weighted by Crippen LogP contribution is 2.39. The van der Waals surface area contributed by atoms with Crippen molar-refractivity contribution >= 4 is 17.5 Å². The summed E-state index contributed by atoms with van der Waals surface area (Å²) in [5.74, 6) is -0.649. The lowest BCUT2D eigenvalue weighted by Gasteiger charge is -2.16. The zero-order valence-electron chi connectivity index (χ0n) is 15.8. The van der Waals surface area contributed by atoms with E-state index in [2.05, 4.69) is 26.3 Å². The molecule has 0 aromatic carbocycles. The van der Waals surface area contributed by atoms with Crippen LogP contribution in [0.3, 0.4) is 0 Å². The maximum absolute atomic E-state index is 13.1. The number of alkyl halides is 5. The molecule has 0 saturated heterocycles. The SMILES string of the molecule is N#CC1C[C@@H]1C/N=C(\C(=C/N)Nc1ncc(C(F)(F)F)c(NCC(F)F)n1)C1CC1. The molecule has 1 aromatic heterocycles. The lowest BCUT2D eigenvalue weighted by molar-refractivity contribution is -0.137. The van der Waals surface area contributed by atoms with E-state index < -0.39 is 30.5 Å². The topological polar surface area (TPSA) is 112 Å². The number of allylic oxidation sites excluding steroid dienone is 1. The van der Waals surface area contributed by atoms with E-state index in [0.717, 1.165) is 19.3 Å². The molecule has 0 radical (unpaired) electrons. The van der Waals surface area contributed by atoms with E-state index >= 15 is 0 Å². The van der Waals surface area contributed by atoms with Crippen molar-refractivity contribution in [1.82, 2.24) is 9.97 Å². The molecule has 2 aliphatic carbocycles. The van der Waals surface area contributed by atoms with Crippen LogP contribution >= 0.6 is 0 Å². The molecule has 0 amide bonds. The highest BCUT2D eigenvalue weighted by Gasteiger charge is 2.38. The Bertz CT molecular complexity index is 871. The molecule has 0 aliphatic heterocycles. The van der Waals surface area contributed by atoms with Gasteiger partial charge in [-0.15, -0.1) is 0 Å². The van der Waals surface area contributed by atoms with Gasteiger partial charge >= 0.3 is 6.18 Å². The van der Waals surface area contributed by atoms with Crippen LogP contribution in [-0.4, -0.2) is 35.2 Å². The molecule has 3 rings (SSSR count). The molecule has 30 heavy (non-hydrogen) atoms. The number of nitriles is 1. The van der Waals surface area contributed by atoms with Gasteiger partial charge in [0.15, 0.2) is 0 Å². The van der Waals surface area contributed by atoms with Crippen LogP contribution in [0.4, 0.5) is 33.7 Å². The quantitative estimate of drug-likeness (QED) is 0.410. The molecular weight excluding hydrogens is 409 g/mol. The number of nitrogens with two attached hydrogens (primary N) is 1. The van der Waals surface area contributed by atoms with Crippen molar-refractivity contribution in [3.8, 4) is 6.07 Å². The average molecular weight is 429 g/mol. The summed E-state index contributed by atoms with van der Waals surface area (Å²) in [5.41, 5.74) is 5.42. The van der Waals surface area contributed by atoms with Crippen LogP contribution in [0.1, 0.15) is 24.8 Å². The Kier molecular flexibility index (Phi) is 6.38. The minimum atomic E-state index is -4.81. The standard InChI is InChI=1S/C18H20F5N7/c19-14(20)8-27-16-12(18(21,22)23)7-28-17(30-16)29-13(5-25)15(9-1-2-9)26-6-11-3-10(11)4-24/h5,7,9-11,14H,1-3,6,8,25H2,(H2,27,28,29,30)/b13-5+,26-15-/t10?,11-/m1/s1. The summed E-state index contributed by atoms with van der Waals surface area (Å²) in [5, 5.41) is 13.7. The van der Waals surface area contributed by atoms with Crippen LogP contribution < -0.4 is 16.4 Å². The van der Waals surface area contributed by atoms with E-state index in [-0.39, 0.29) is 23.7 Å². The summed E-state index contributed by atoms with van der Waals surface area (Å²) in [6.07, 6.45) is -3.36.